The number of allylic oxidation sites excluding steroid dienone is 1. The van der Waals surface area contributed by atoms with Crippen LogP contribution in [0, 0.1) is 17.8 Å². The van der Waals surface area contributed by atoms with Gasteiger partial charge in [-0.05, 0) is 119 Å². The second-order valence-electron chi connectivity index (χ2n) is 10.8. The van der Waals surface area contributed by atoms with Crippen LogP contribution in [0.2, 0.25) is 0 Å². The number of esters is 1. The summed E-state index contributed by atoms with van der Waals surface area (Å²) < 4.78 is 4.87. The molecule has 0 unspecified atom stereocenters. The van der Waals surface area contributed by atoms with E-state index in [0.717, 1.165) is 29.7 Å². The molecule has 168 valence electrons. The van der Waals surface area contributed by atoms with Gasteiger partial charge in [0.2, 0.25) is 0 Å². The first-order valence-electron chi connectivity index (χ1n) is 12.4. The Bertz CT molecular complexity index is 1200. The Labute approximate surface area is 196 Å². The van der Waals surface area contributed by atoms with Crippen molar-refractivity contribution < 1.29 is 9.53 Å². The highest BCUT2D eigenvalue weighted by Gasteiger charge is 2.52. The Hall–Kier alpha value is -2.87. The summed E-state index contributed by atoms with van der Waals surface area (Å²) >= 11 is 0. The van der Waals surface area contributed by atoms with Crippen LogP contribution in [-0.4, -0.2) is 13.1 Å². The van der Waals surface area contributed by atoms with Crippen LogP contribution in [0.3, 0.4) is 0 Å². The van der Waals surface area contributed by atoms with Gasteiger partial charge in [-0.25, -0.2) is 4.79 Å². The van der Waals surface area contributed by atoms with Gasteiger partial charge in [-0.2, -0.15) is 0 Å². The zero-order valence-corrected chi connectivity index (χ0v) is 19.5. The second-order valence-corrected chi connectivity index (χ2v) is 10.8. The maximum Gasteiger partial charge on any atom is 0.337 e. The van der Waals surface area contributed by atoms with Crippen molar-refractivity contribution in [2.24, 2.45) is 17.8 Å². The van der Waals surface area contributed by atoms with Crippen molar-refractivity contribution in [3.63, 3.8) is 0 Å². The fraction of sp³-hybridized carbons (Fsp3) is 0.387. The lowest BCUT2D eigenvalue weighted by atomic mass is 9.47. The average molecular weight is 437 g/mol. The van der Waals surface area contributed by atoms with Gasteiger partial charge in [0, 0.05) is 0 Å². The molecule has 2 nitrogen and oxygen atoms in total. The number of benzene rings is 3. The Balaban J connectivity index is 1.50. The quantitative estimate of drug-likeness (QED) is 0.306. The summed E-state index contributed by atoms with van der Waals surface area (Å²) in [4.78, 5) is 11.9. The Morgan fingerprint density at radius 1 is 1.00 bits per heavy atom. The molecule has 0 heterocycles. The highest BCUT2D eigenvalue weighted by atomic mass is 16.5. The van der Waals surface area contributed by atoms with Gasteiger partial charge in [0.05, 0.1) is 12.7 Å². The van der Waals surface area contributed by atoms with Gasteiger partial charge in [0.25, 0.3) is 0 Å². The van der Waals surface area contributed by atoms with Gasteiger partial charge in [0.15, 0.2) is 0 Å². The number of rotatable bonds is 5. The first kappa shape index (κ1) is 20.7. The third kappa shape index (κ3) is 3.42. The summed E-state index contributed by atoms with van der Waals surface area (Å²) in [6, 6.07) is 19.4. The van der Waals surface area contributed by atoms with E-state index < -0.39 is 0 Å². The summed E-state index contributed by atoms with van der Waals surface area (Å²) in [7, 11) is 1.42. The number of carbonyl (C=O) groups is 1. The molecule has 0 N–H and O–H groups in total. The normalized spacial score (nSPS) is 27.6. The Kier molecular flexibility index (Phi) is 4.94. The lowest BCUT2D eigenvalue weighted by Crippen LogP contribution is -2.48. The van der Waals surface area contributed by atoms with Crippen molar-refractivity contribution in [1.82, 2.24) is 0 Å². The Morgan fingerprint density at radius 3 is 2.27 bits per heavy atom. The molecule has 3 aromatic rings. The summed E-state index contributed by atoms with van der Waals surface area (Å²) in [5.74, 6) is 2.47. The molecule has 7 rings (SSSR count). The molecule has 4 aliphatic carbocycles. The molecule has 0 amide bonds. The van der Waals surface area contributed by atoms with E-state index in [-0.39, 0.29) is 5.97 Å². The third-order valence-electron chi connectivity index (χ3n) is 8.70. The van der Waals surface area contributed by atoms with Crippen molar-refractivity contribution in [2.75, 3.05) is 7.11 Å². The standard InChI is InChI=1S/C31H32O2/c1-3-5-26-15-25-6-4-7-27(23-8-10-24(11-9-23)30(32)33-2)28(25)16-29(26)31-17-20-12-21(18-31)14-22(13-20)19-31/h3-4,6-11,15-16,20-22H,1,5,12-14,17-19H2,2H3. The van der Waals surface area contributed by atoms with Crippen molar-refractivity contribution in [1.29, 1.82) is 0 Å². The molecule has 0 aromatic heterocycles. The smallest absolute Gasteiger partial charge is 0.337 e. The first-order chi connectivity index (χ1) is 16.1. The number of ether oxygens (including phenoxy) is 1. The molecule has 4 aliphatic rings. The number of hydrogen-bond donors (Lipinski definition) is 0. The summed E-state index contributed by atoms with van der Waals surface area (Å²) in [6.45, 7) is 4.08. The minimum absolute atomic E-state index is 0.294. The number of methoxy groups -OCH3 is 1. The average Bonchev–Trinajstić information content (AvgIpc) is 2.82. The van der Waals surface area contributed by atoms with Crippen LogP contribution < -0.4 is 0 Å². The number of carbonyl (C=O) groups excluding carboxylic acids is 1. The number of fused-ring (bicyclic) bond motifs is 1. The largest absolute Gasteiger partial charge is 0.465 e. The van der Waals surface area contributed by atoms with Crippen molar-refractivity contribution in [2.45, 2.75) is 50.4 Å². The van der Waals surface area contributed by atoms with E-state index in [4.69, 9.17) is 4.74 Å². The van der Waals surface area contributed by atoms with Gasteiger partial charge in [-0.15, -0.1) is 6.58 Å². The molecule has 0 aliphatic heterocycles. The van der Waals surface area contributed by atoms with Crippen molar-refractivity contribution >= 4 is 16.7 Å². The van der Waals surface area contributed by atoms with Gasteiger partial charge in [-0.1, -0.05) is 42.5 Å². The van der Waals surface area contributed by atoms with Gasteiger partial charge < -0.3 is 4.74 Å². The summed E-state index contributed by atoms with van der Waals surface area (Å²) in [6.07, 6.45) is 11.5. The second kappa shape index (κ2) is 7.87. The molecule has 3 aromatic carbocycles. The third-order valence-corrected chi connectivity index (χ3v) is 8.70. The fourth-order valence-electron chi connectivity index (χ4n) is 7.79. The fourth-order valence-corrected chi connectivity index (χ4v) is 7.79. The predicted molar refractivity (Wildman–Crippen MR) is 134 cm³/mol. The minimum Gasteiger partial charge on any atom is -0.465 e. The highest BCUT2D eigenvalue weighted by molar-refractivity contribution is 5.98. The predicted octanol–water partition coefficient (Wildman–Crippen LogP) is 7.49. The summed E-state index contributed by atoms with van der Waals surface area (Å²) in [5.41, 5.74) is 6.37. The van der Waals surface area contributed by atoms with Crippen LogP contribution in [0.1, 0.15) is 60.0 Å². The lowest BCUT2D eigenvalue weighted by molar-refractivity contribution is -0.00546. The van der Waals surface area contributed by atoms with Crippen LogP contribution in [0.15, 0.2) is 67.3 Å². The van der Waals surface area contributed by atoms with Gasteiger partial charge in [0.1, 0.15) is 0 Å². The molecule has 0 saturated heterocycles. The molecule has 0 radical (unpaired) electrons. The maximum atomic E-state index is 11.9. The van der Waals surface area contributed by atoms with Crippen LogP contribution >= 0.6 is 0 Å². The molecular weight excluding hydrogens is 404 g/mol. The van der Waals surface area contributed by atoms with E-state index in [1.165, 1.54) is 67.5 Å². The molecule has 4 fully saturated rings. The first-order valence-corrected chi connectivity index (χ1v) is 12.4. The van der Waals surface area contributed by atoms with Gasteiger partial charge in [-0.3, -0.25) is 0 Å². The highest BCUT2D eigenvalue weighted by Crippen LogP contribution is 2.61. The van der Waals surface area contributed by atoms with Crippen LogP contribution in [0.5, 0.6) is 0 Å². The monoisotopic (exact) mass is 436 g/mol. The molecule has 0 spiro atoms. The van der Waals surface area contributed by atoms with Crippen LogP contribution in [-0.2, 0) is 16.6 Å². The minimum atomic E-state index is -0.294. The van der Waals surface area contributed by atoms with Crippen LogP contribution in [0.4, 0.5) is 0 Å². The molecule has 4 bridgehead atoms. The van der Waals surface area contributed by atoms with Crippen LogP contribution in [0.25, 0.3) is 21.9 Å². The molecule has 33 heavy (non-hydrogen) atoms. The van der Waals surface area contributed by atoms with Crippen molar-refractivity contribution in [3.8, 4) is 11.1 Å². The van der Waals surface area contributed by atoms with E-state index in [1.54, 1.807) is 5.56 Å². The van der Waals surface area contributed by atoms with E-state index in [2.05, 4.69) is 43.0 Å². The topological polar surface area (TPSA) is 26.3 Å². The SMILES string of the molecule is C=CCc1cc2cccc(-c3ccc(C(=O)OC)cc3)c2cc1C12CC3CC(CC(C3)C1)C2. The van der Waals surface area contributed by atoms with E-state index in [1.807, 2.05) is 24.3 Å². The molecule has 2 heteroatoms. The van der Waals surface area contributed by atoms with Crippen molar-refractivity contribution in [3.05, 3.63) is 83.9 Å². The summed E-state index contributed by atoms with van der Waals surface area (Å²) in [5, 5.41) is 2.61. The molecule has 4 saturated carbocycles. The lowest BCUT2D eigenvalue weighted by Gasteiger charge is -2.57. The molecule has 0 atom stereocenters. The molecular formula is C31H32O2. The maximum absolute atomic E-state index is 11.9. The zero-order chi connectivity index (χ0) is 22.6. The van der Waals surface area contributed by atoms with Gasteiger partial charge >= 0.3 is 5.97 Å². The number of hydrogen-bond acceptors (Lipinski definition) is 2. The Morgan fingerprint density at radius 2 is 1.67 bits per heavy atom. The van der Waals surface area contributed by atoms with E-state index in [9.17, 15) is 4.79 Å². The van der Waals surface area contributed by atoms with E-state index in [0.29, 0.717) is 11.0 Å². The zero-order valence-electron chi connectivity index (χ0n) is 19.5. The van der Waals surface area contributed by atoms with E-state index >= 15 is 0 Å².